The predicted octanol–water partition coefficient (Wildman–Crippen LogP) is 6.93. The molecule has 0 radical (unpaired) electrons. The second-order valence-electron chi connectivity index (χ2n) is 12.8. The van der Waals surface area contributed by atoms with Crippen LogP contribution in [0.5, 0.6) is 0 Å². The third kappa shape index (κ3) is 7.99. The summed E-state index contributed by atoms with van der Waals surface area (Å²) in [4.78, 5) is 40.0. The summed E-state index contributed by atoms with van der Waals surface area (Å²) in [5, 5.41) is 12.0. The number of nitrogens with zero attached hydrogens (tertiary/aromatic N) is 4. The number of nitrogens with one attached hydrogen (secondary N) is 1. The van der Waals surface area contributed by atoms with Gasteiger partial charge >= 0.3 is 5.91 Å². The van der Waals surface area contributed by atoms with Gasteiger partial charge in [0, 0.05) is 36.0 Å². The second kappa shape index (κ2) is 16.3. The SMILES string of the molecule is CCCCN(CCCC)c1ncc(Br)c(-c2ccc(C(=O)NS(=O)(=O)c3ccc4ccccc4c3)cc2C(=O)[N+]2=C(CO)Cc3ccccc3C2)n1. The van der Waals surface area contributed by atoms with Gasteiger partial charge in [-0.05, 0) is 69.4 Å². The van der Waals surface area contributed by atoms with E-state index in [1.165, 1.54) is 28.8 Å². The molecule has 1 aromatic heterocycles. The van der Waals surface area contributed by atoms with Crippen LogP contribution >= 0.6 is 15.9 Å². The van der Waals surface area contributed by atoms with Gasteiger partial charge in [-0.1, -0.05) is 87.4 Å². The van der Waals surface area contributed by atoms with Crippen LogP contribution in [0.4, 0.5) is 5.95 Å². The first-order valence-electron chi connectivity index (χ1n) is 17.5. The summed E-state index contributed by atoms with van der Waals surface area (Å²) < 4.78 is 31.1. The molecule has 0 saturated heterocycles. The average Bonchev–Trinajstić information content (AvgIpc) is 3.16. The van der Waals surface area contributed by atoms with Gasteiger partial charge in [0.25, 0.3) is 15.9 Å². The van der Waals surface area contributed by atoms with Crippen molar-refractivity contribution in [3.63, 3.8) is 0 Å². The maximum atomic E-state index is 14.7. The highest BCUT2D eigenvalue weighted by atomic mass is 79.9. The van der Waals surface area contributed by atoms with Gasteiger partial charge in [-0.25, -0.2) is 27.9 Å². The van der Waals surface area contributed by atoms with Crippen LogP contribution in [-0.4, -0.2) is 65.3 Å². The van der Waals surface area contributed by atoms with Crippen LogP contribution in [0.15, 0.2) is 100 Å². The molecule has 0 fully saturated rings. The van der Waals surface area contributed by atoms with E-state index in [0.29, 0.717) is 39.2 Å². The highest BCUT2D eigenvalue weighted by Gasteiger charge is 2.34. The Labute approximate surface area is 312 Å². The van der Waals surface area contributed by atoms with Gasteiger partial charge < -0.3 is 10.0 Å². The van der Waals surface area contributed by atoms with E-state index in [2.05, 4.69) is 44.4 Å². The first kappa shape index (κ1) is 37.0. The zero-order chi connectivity index (χ0) is 36.8. The van der Waals surface area contributed by atoms with E-state index in [9.17, 15) is 23.1 Å². The molecule has 2 heterocycles. The van der Waals surface area contributed by atoms with Crippen LogP contribution in [0.2, 0.25) is 0 Å². The standard InChI is InChI=1S/C40H40BrN5O5S/c1-3-5-19-45(20-6-4-2)40-42-24-36(41)37(43-40)34-18-16-30(38(48)44-52(50,51)33-17-15-27-11-7-8-13-29(27)22-33)23-35(34)39(49)46-25-31-14-10-9-12-28(31)21-32(46)26-47/h7-18,22-24,47H,3-6,19-21,25-26H2,1-2H3/p+1. The van der Waals surface area contributed by atoms with Gasteiger partial charge in [0.15, 0.2) is 12.3 Å². The Kier molecular flexibility index (Phi) is 11.6. The van der Waals surface area contributed by atoms with Crippen molar-refractivity contribution < 1.29 is 27.7 Å². The number of unbranched alkanes of at least 4 members (excludes halogenated alkanes) is 2. The van der Waals surface area contributed by atoms with E-state index < -0.39 is 21.8 Å². The van der Waals surface area contributed by atoms with Crippen LogP contribution in [0.3, 0.4) is 0 Å². The highest BCUT2D eigenvalue weighted by molar-refractivity contribution is 9.10. The number of aliphatic hydroxyl groups excluding tert-OH is 1. The second-order valence-corrected chi connectivity index (χ2v) is 15.4. The van der Waals surface area contributed by atoms with Gasteiger partial charge in [0.05, 0.1) is 21.5 Å². The van der Waals surface area contributed by atoms with E-state index in [4.69, 9.17) is 4.98 Å². The Morgan fingerprint density at radius 2 is 1.60 bits per heavy atom. The number of aromatic nitrogens is 2. The van der Waals surface area contributed by atoms with E-state index in [-0.39, 0.29) is 29.2 Å². The molecule has 5 aromatic rings. The Balaban J connectivity index is 1.43. The van der Waals surface area contributed by atoms with Crippen molar-refractivity contribution in [3.8, 4) is 11.3 Å². The normalized spacial score (nSPS) is 12.8. The summed E-state index contributed by atoms with van der Waals surface area (Å²) in [5.74, 6) is -0.824. The van der Waals surface area contributed by atoms with Crippen molar-refractivity contribution in [1.29, 1.82) is 0 Å². The molecular formula is C40H41BrN5O5S+. The molecule has 268 valence electrons. The number of benzene rings is 4. The number of carbonyl (C=O) groups excluding carboxylic acids is 2. The Morgan fingerprint density at radius 3 is 2.31 bits per heavy atom. The molecule has 12 heteroatoms. The molecule has 6 rings (SSSR count). The lowest BCUT2D eigenvalue weighted by Crippen LogP contribution is -2.35. The number of aliphatic hydroxyl groups is 1. The fraction of sp³-hybridized carbons (Fsp3) is 0.275. The van der Waals surface area contributed by atoms with Crippen LogP contribution in [0, 0.1) is 0 Å². The van der Waals surface area contributed by atoms with Crippen LogP contribution in [-0.2, 0) is 23.0 Å². The third-order valence-electron chi connectivity index (χ3n) is 9.25. The number of fused-ring (bicyclic) bond motifs is 2. The van der Waals surface area contributed by atoms with Crippen molar-refractivity contribution in [2.75, 3.05) is 24.6 Å². The number of anilines is 1. The molecule has 4 aromatic carbocycles. The third-order valence-corrected chi connectivity index (χ3v) is 11.2. The molecule has 2 amide bonds. The number of sulfonamides is 1. The summed E-state index contributed by atoms with van der Waals surface area (Å²) in [6.07, 6.45) is 5.98. The molecule has 0 atom stereocenters. The van der Waals surface area contributed by atoms with Crippen molar-refractivity contribution in [1.82, 2.24) is 14.7 Å². The lowest BCUT2D eigenvalue weighted by molar-refractivity contribution is -0.450. The molecule has 0 spiro atoms. The maximum Gasteiger partial charge on any atom is 0.420 e. The number of hydrogen-bond acceptors (Lipinski definition) is 8. The van der Waals surface area contributed by atoms with Gasteiger partial charge in [-0.2, -0.15) is 4.58 Å². The maximum absolute atomic E-state index is 14.7. The Hall–Kier alpha value is -4.78. The minimum atomic E-state index is -4.26. The lowest BCUT2D eigenvalue weighted by Gasteiger charge is -2.23. The van der Waals surface area contributed by atoms with E-state index in [0.717, 1.165) is 55.3 Å². The van der Waals surface area contributed by atoms with Crippen LogP contribution < -0.4 is 9.62 Å². The zero-order valence-electron chi connectivity index (χ0n) is 29.2. The van der Waals surface area contributed by atoms with Gasteiger partial charge in [0.1, 0.15) is 12.2 Å². The first-order valence-corrected chi connectivity index (χ1v) is 19.7. The Bertz CT molecular complexity index is 2280. The number of halogens is 1. The summed E-state index contributed by atoms with van der Waals surface area (Å²) in [6.45, 7) is 5.68. The van der Waals surface area contributed by atoms with E-state index >= 15 is 0 Å². The molecule has 1 aliphatic heterocycles. The zero-order valence-corrected chi connectivity index (χ0v) is 31.6. The summed E-state index contributed by atoms with van der Waals surface area (Å²) in [7, 11) is -4.26. The quantitative estimate of drug-likeness (QED) is 0.123. The summed E-state index contributed by atoms with van der Waals surface area (Å²) >= 11 is 3.61. The van der Waals surface area contributed by atoms with Gasteiger partial charge in [-0.15, -0.1) is 0 Å². The van der Waals surface area contributed by atoms with Crippen LogP contribution in [0.1, 0.15) is 71.4 Å². The van der Waals surface area contributed by atoms with Crippen molar-refractivity contribution >= 4 is 60.2 Å². The molecule has 0 aliphatic carbocycles. The van der Waals surface area contributed by atoms with Gasteiger partial charge in [-0.3, -0.25) is 4.79 Å². The number of hydrogen-bond donors (Lipinski definition) is 2. The van der Waals surface area contributed by atoms with Crippen LogP contribution in [0.25, 0.3) is 22.0 Å². The molecule has 0 unspecified atom stereocenters. The molecule has 2 N–H and O–H groups in total. The summed E-state index contributed by atoms with van der Waals surface area (Å²) in [5.41, 5.74) is 3.44. The minimum Gasteiger partial charge on any atom is -0.386 e. The summed E-state index contributed by atoms with van der Waals surface area (Å²) in [6, 6.07) is 24.2. The van der Waals surface area contributed by atoms with Crippen molar-refractivity contribution in [3.05, 3.63) is 118 Å². The average molecular weight is 784 g/mol. The fourth-order valence-corrected chi connectivity index (χ4v) is 7.75. The van der Waals surface area contributed by atoms with Gasteiger partial charge in [0.2, 0.25) is 5.95 Å². The topological polar surface area (TPSA) is 133 Å². The molecule has 10 nitrogen and oxygen atoms in total. The minimum absolute atomic E-state index is 0.0302. The predicted molar refractivity (Wildman–Crippen MR) is 206 cm³/mol. The number of amides is 2. The van der Waals surface area contributed by atoms with Crippen molar-refractivity contribution in [2.45, 2.75) is 57.4 Å². The Morgan fingerprint density at radius 1 is 0.904 bits per heavy atom. The highest BCUT2D eigenvalue weighted by Crippen LogP contribution is 2.33. The van der Waals surface area contributed by atoms with Crippen molar-refractivity contribution in [2.24, 2.45) is 0 Å². The smallest absolute Gasteiger partial charge is 0.386 e. The number of carbonyl (C=O) groups is 2. The fourth-order valence-electron chi connectivity index (χ4n) is 6.34. The van der Waals surface area contributed by atoms with E-state index in [1.807, 2.05) is 42.5 Å². The lowest BCUT2D eigenvalue weighted by atomic mass is 9.96. The first-order chi connectivity index (χ1) is 25.1. The molecule has 1 aliphatic rings. The molecule has 0 bridgehead atoms. The number of rotatable bonds is 13. The monoisotopic (exact) mass is 782 g/mol. The largest absolute Gasteiger partial charge is 0.420 e. The van der Waals surface area contributed by atoms with E-state index in [1.54, 1.807) is 24.4 Å². The molecule has 52 heavy (non-hydrogen) atoms. The molecular weight excluding hydrogens is 742 g/mol. The molecule has 0 saturated carbocycles.